The van der Waals surface area contributed by atoms with Gasteiger partial charge in [-0.2, -0.15) is 5.10 Å². The fourth-order valence-corrected chi connectivity index (χ4v) is 2.38. The Labute approximate surface area is 94.6 Å². The van der Waals surface area contributed by atoms with Crippen molar-refractivity contribution in [1.82, 2.24) is 10.2 Å². The van der Waals surface area contributed by atoms with Gasteiger partial charge in [0.25, 0.3) is 0 Å². The van der Waals surface area contributed by atoms with Crippen molar-refractivity contribution in [1.29, 1.82) is 0 Å². The third kappa shape index (κ3) is 1.63. The van der Waals surface area contributed by atoms with Gasteiger partial charge in [0.15, 0.2) is 0 Å². The summed E-state index contributed by atoms with van der Waals surface area (Å²) < 4.78 is 0. The van der Waals surface area contributed by atoms with Crippen LogP contribution in [0, 0.1) is 6.92 Å². The van der Waals surface area contributed by atoms with Crippen molar-refractivity contribution in [2.24, 2.45) is 0 Å². The van der Waals surface area contributed by atoms with Crippen LogP contribution in [0.2, 0.25) is 5.15 Å². The number of fused-ring (bicyclic) bond motifs is 1. The molecule has 0 unspecified atom stereocenters. The van der Waals surface area contributed by atoms with E-state index in [9.17, 15) is 0 Å². The first-order valence-corrected chi connectivity index (χ1v) is 5.42. The molecule has 15 heavy (non-hydrogen) atoms. The molecule has 0 aliphatic rings. The second kappa shape index (κ2) is 3.24. The van der Waals surface area contributed by atoms with E-state index in [1.54, 1.807) is 0 Å². The molecule has 0 bridgehead atoms. The Hall–Kier alpha value is -1.02. The normalized spacial score (nSPS) is 12.3. The van der Waals surface area contributed by atoms with Gasteiger partial charge in [-0.3, -0.25) is 5.10 Å². The maximum Gasteiger partial charge on any atom is 0.132 e. The zero-order chi connectivity index (χ0) is 11.2. The predicted molar refractivity (Wildman–Crippen MR) is 64.5 cm³/mol. The second-order valence-corrected chi connectivity index (χ2v) is 5.32. The Morgan fingerprint density at radius 3 is 2.53 bits per heavy atom. The van der Waals surface area contributed by atoms with Gasteiger partial charge in [-0.05, 0) is 29.5 Å². The number of nitrogens with zero attached hydrogens (tertiary/aromatic N) is 1. The summed E-state index contributed by atoms with van der Waals surface area (Å²) in [6.07, 6.45) is 0. The molecule has 1 N–H and O–H groups in total. The quantitative estimate of drug-likeness (QED) is 0.721. The van der Waals surface area contributed by atoms with E-state index in [0.717, 1.165) is 10.9 Å². The second-order valence-electron chi connectivity index (χ2n) is 4.94. The van der Waals surface area contributed by atoms with E-state index in [-0.39, 0.29) is 5.41 Å². The molecule has 2 rings (SSSR count). The predicted octanol–water partition coefficient (Wildman–Crippen LogP) is 3.82. The van der Waals surface area contributed by atoms with Crippen molar-refractivity contribution in [3.8, 4) is 0 Å². The summed E-state index contributed by atoms with van der Waals surface area (Å²) in [5, 5.41) is 8.71. The fourth-order valence-electron chi connectivity index (χ4n) is 2.14. The van der Waals surface area contributed by atoms with E-state index in [2.05, 4.69) is 44.0 Å². The van der Waals surface area contributed by atoms with Crippen molar-refractivity contribution in [3.63, 3.8) is 0 Å². The number of aromatic amines is 1. The van der Waals surface area contributed by atoms with Crippen LogP contribution in [0.1, 0.15) is 31.9 Å². The minimum atomic E-state index is 0.0805. The molecule has 0 radical (unpaired) electrons. The molecule has 0 saturated carbocycles. The highest BCUT2D eigenvalue weighted by Crippen LogP contribution is 2.35. The van der Waals surface area contributed by atoms with E-state index in [1.165, 1.54) is 11.1 Å². The van der Waals surface area contributed by atoms with Crippen LogP contribution in [0.25, 0.3) is 10.9 Å². The first kappa shape index (κ1) is 10.5. The molecule has 2 nitrogen and oxygen atoms in total. The lowest BCUT2D eigenvalue weighted by atomic mass is 9.82. The average molecular weight is 223 g/mol. The fraction of sp³-hybridized carbons (Fsp3) is 0.417. The molecule has 3 heteroatoms. The van der Waals surface area contributed by atoms with Gasteiger partial charge in [0.2, 0.25) is 0 Å². The highest BCUT2D eigenvalue weighted by atomic mass is 35.5. The van der Waals surface area contributed by atoms with Crippen molar-refractivity contribution < 1.29 is 0 Å². The van der Waals surface area contributed by atoms with E-state index >= 15 is 0 Å². The van der Waals surface area contributed by atoms with Gasteiger partial charge in [0.1, 0.15) is 5.15 Å². The zero-order valence-corrected chi connectivity index (χ0v) is 10.2. The standard InChI is InChI=1S/C12H15ClN2/c1-7-5-6-8-9(11(13)15-14-8)10(7)12(2,3)4/h5-6H,1-4H3,(H,14,15). The summed E-state index contributed by atoms with van der Waals surface area (Å²) in [4.78, 5) is 0. The topological polar surface area (TPSA) is 28.7 Å². The van der Waals surface area contributed by atoms with Gasteiger partial charge in [0.05, 0.1) is 5.52 Å². The van der Waals surface area contributed by atoms with Crippen molar-refractivity contribution >= 4 is 22.5 Å². The smallest absolute Gasteiger partial charge is 0.132 e. The molecule has 0 atom stereocenters. The number of hydrogen-bond donors (Lipinski definition) is 1. The summed E-state index contributed by atoms with van der Waals surface area (Å²) in [6, 6.07) is 4.10. The molecule has 1 aromatic carbocycles. The molecule has 2 aromatic rings. The number of benzene rings is 1. The molecule has 0 spiro atoms. The van der Waals surface area contributed by atoms with E-state index in [1.807, 2.05) is 6.07 Å². The number of halogens is 1. The van der Waals surface area contributed by atoms with Crippen LogP contribution in [0.15, 0.2) is 12.1 Å². The molecule has 0 saturated heterocycles. The van der Waals surface area contributed by atoms with Gasteiger partial charge in [-0.1, -0.05) is 38.4 Å². The van der Waals surface area contributed by atoms with E-state index < -0.39 is 0 Å². The molecule has 0 aliphatic carbocycles. The van der Waals surface area contributed by atoms with Crippen LogP contribution >= 0.6 is 11.6 Å². The molecule has 0 aliphatic heterocycles. The number of nitrogens with one attached hydrogen (secondary N) is 1. The lowest BCUT2D eigenvalue weighted by molar-refractivity contribution is 0.592. The van der Waals surface area contributed by atoms with Crippen molar-refractivity contribution in [2.45, 2.75) is 33.1 Å². The first-order chi connectivity index (χ1) is 6.91. The third-order valence-corrected chi connectivity index (χ3v) is 2.91. The molecule has 0 amide bonds. The summed E-state index contributed by atoms with van der Waals surface area (Å²) in [6.45, 7) is 8.69. The average Bonchev–Trinajstić information content (AvgIpc) is 2.46. The van der Waals surface area contributed by atoms with Gasteiger partial charge in [0, 0.05) is 5.39 Å². The summed E-state index contributed by atoms with van der Waals surface area (Å²) in [7, 11) is 0. The van der Waals surface area contributed by atoms with Gasteiger partial charge < -0.3 is 0 Å². The minimum Gasteiger partial charge on any atom is -0.266 e. The Bertz CT molecular complexity index is 506. The van der Waals surface area contributed by atoms with Crippen LogP contribution in [0.3, 0.4) is 0 Å². The number of hydrogen-bond acceptors (Lipinski definition) is 1. The number of H-pyrrole nitrogens is 1. The molecule has 0 fully saturated rings. The third-order valence-electron chi connectivity index (χ3n) is 2.64. The summed E-state index contributed by atoms with van der Waals surface area (Å²) in [5.74, 6) is 0. The van der Waals surface area contributed by atoms with Gasteiger partial charge in [-0.15, -0.1) is 0 Å². The van der Waals surface area contributed by atoms with Crippen LogP contribution in [-0.2, 0) is 5.41 Å². The molecular weight excluding hydrogens is 208 g/mol. The maximum absolute atomic E-state index is 6.14. The minimum absolute atomic E-state index is 0.0805. The molecular formula is C12H15ClN2. The first-order valence-electron chi connectivity index (χ1n) is 5.05. The Kier molecular flexibility index (Phi) is 2.27. The van der Waals surface area contributed by atoms with Crippen LogP contribution in [0.4, 0.5) is 0 Å². The van der Waals surface area contributed by atoms with E-state index in [0.29, 0.717) is 5.15 Å². The largest absolute Gasteiger partial charge is 0.266 e. The zero-order valence-electron chi connectivity index (χ0n) is 9.48. The van der Waals surface area contributed by atoms with Gasteiger partial charge >= 0.3 is 0 Å². The highest BCUT2D eigenvalue weighted by Gasteiger charge is 2.22. The molecule has 1 heterocycles. The number of aryl methyl sites for hydroxylation is 1. The number of rotatable bonds is 0. The Morgan fingerprint density at radius 1 is 1.27 bits per heavy atom. The lowest BCUT2D eigenvalue weighted by Gasteiger charge is -2.22. The van der Waals surface area contributed by atoms with Crippen LogP contribution in [-0.4, -0.2) is 10.2 Å². The van der Waals surface area contributed by atoms with E-state index in [4.69, 9.17) is 11.6 Å². The van der Waals surface area contributed by atoms with Gasteiger partial charge in [-0.25, -0.2) is 0 Å². The Morgan fingerprint density at radius 2 is 1.93 bits per heavy atom. The monoisotopic (exact) mass is 222 g/mol. The summed E-state index contributed by atoms with van der Waals surface area (Å²) in [5.41, 5.74) is 3.56. The Balaban J connectivity index is 2.90. The molecule has 1 aromatic heterocycles. The lowest BCUT2D eigenvalue weighted by Crippen LogP contribution is -2.13. The van der Waals surface area contributed by atoms with Crippen LogP contribution < -0.4 is 0 Å². The van der Waals surface area contributed by atoms with Crippen LogP contribution in [0.5, 0.6) is 0 Å². The maximum atomic E-state index is 6.14. The van der Waals surface area contributed by atoms with Crippen molar-refractivity contribution in [3.05, 3.63) is 28.4 Å². The highest BCUT2D eigenvalue weighted by molar-refractivity contribution is 6.34. The summed E-state index contributed by atoms with van der Waals surface area (Å²) >= 11 is 6.14. The number of aromatic nitrogens is 2. The SMILES string of the molecule is Cc1ccc2n[nH]c(Cl)c2c1C(C)(C)C. The van der Waals surface area contributed by atoms with Crippen molar-refractivity contribution in [2.75, 3.05) is 0 Å². The molecule has 80 valence electrons.